The largest absolute Gasteiger partial charge is 0.477 e. The van der Waals surface area contributed by atoms with Crippen LogP contribution in [0.4, 0.5) is 5.13 Å². The highest BCUT2D eigenvalue weighted by atomic mass is 32.2. The van der Waals surface area contributed by atoms with Crippen molar-refractivity contribution in [2.24, 2.45) is 5.16 Å². The van der Waals surface area contributed by atoms with E-state index in [0.717, 1.165) is 16.2 Å². The van der Waals surface area contributed by atoms with E-state index in [4.69, 9.17) is 15.3 Å². The maximum atomic E-state index is 13.0. The van der Waals surface area contributed by atoms with Crippen LogP contribution in [-0.4, -0.2) is 73.8 Å². The second-order valence-electron chi connectivity index (χ2n) is 8.11. The van der Waals surface area contributed by atoms with E-state index in [0.29, 0.717) is 11.3 Å². The fourth-order valence-electron chi connectivity index (χ4n) is 3.13. The molecule has 0 bridgehead atoms. The first kappa shape index (κ1) is 25.2. The molecule has 2 aliphatic heterocycles. The third kappa shape index (κ3) is 5.39. The van der Waals surface area contributed by atoms with Crippen molar-refractivity contribution >= 4 is 57.7 Å². The molecule has 1 aromatic rings. The molecule has 1 aromatic heterocycles. The van der Waals surface area contributed by atoms with Crippen LogP contribution in [0.5, 0.6) is 0 Å². The number of fused-ring (bicyclic) bond motifs is 1. The molecule has 2 amide bonds. The van der Waals surface area contributed by atoms with Crippen LogP contribution in [0.1, 0.15) is 26.5 Å². The van der Waals surface area contributed by atoms with Crippen LogP contribution >= 0.6 is 23.1 Å². The zero-order chi connectivity index (χ0) is 25.2. The number of anilines is 1. The van der Waals surface area contributed by atoms with E-state index in [9.17, 15) is 24.3 Å². The number of rotatable bonds is 8. The molecule has 2 atom stereocenters. The number of ether oxygens (including phenoxy) is 1. The standard InChI is InChI=1S/C20H23N5O7S2/c1-5-9-7-33-17-13(16(28)25(17)14(9)18(29)30)23-15(27)12(10-8-34-19(21)22-10)24-31-6-11(26)32-20(2,3)4/h5,8,13,17H,1,6-7H2,2-4H3,(H2,21,22)(H,23,27)(H,29,30)/t13-,17-/m1/s1. The summed E-state index contributed by atoms with van der Waals surface area (Å²) in [6.45, 7) is 8.11. The van der Waals surface area contributed by atoms with Crippen LogP contribution in [0.3, 0.4) is 0 Å². The van der Waals surface area contributed by atoms with Gasteiger partial charge in [-0.25, -0.2) is 14.6 Å². The number of esters is 1. The number of hydrogen-bond acceptors (Lipinski definition) is 11. The lowest BCUT2D eigenvalue weighted by atomic mass is 10.0. The first-order chi connectivity index (χ1) is 15.9. The van der Waals surface area contributed by atoms with Crippen molar-refractivity contribution < 1.29 is 33.9 Å². The number of aromatic nitrogens is 1. The first-order valence-corrected chi connectivity index (χ1v) is 11.8. The predicted octanol–water partition coefficient (Wildman–Crippen LogP) is 0.712. The number of thioether (sulfide) groups is 1. The summed E-state index contributed by atoms with van der Waals surface area (Å²) in [5.74, 6) is -3.02. The van der Waals surface area contributed by atoms with Crippen molar-refractivity contribution in [3.63, 3.8) is 0 Å². The summed E-state index contributed by atoms with van der Waals surface area (Å²) in [6.07, 6.45) is 1.39. The van der Waals surface area contributed by atoms with Gasteiger partial charge in [0.1, 0.15) is 28.4 Å². The molecule has 2 aliphatic rings. The average Bonchev–Trinajstić information content (AvgIpc) is 3.18. The number of nitrogens with zero attached hydrogens (tertiary/aromatic N) is 3. The van der Waals surface area contributed by atoms with Gasteiger partial charge in [-0.1, -0.05) is 17.8 Å². The maximum absolute atomic E-state index is 13.0. The van der Waals surface area contributed by atoms with Crippen LogP contribution in [0, 0.1) is 0 Å². The summed E-state index contributed by atoms with van der Waals surface area (Å²) in [5, 5.41) is 16.8. The Morgan fingerprint density at radius 3 is 2.71 bits per heavy atom. The smallest absolute Gasteiger partial charge is 0.352 e. The van der Waals surface area contributed by atoms with Crippen LogP contribution < -0.4 is 11.1 Å². The molecule has 3 heterocycles. The molecule has 0 unspecified atom stereocenters. The summed E-state index contributed by atoms with van der Waals surface area (Å²) in [5.41, 5.74) is 4.98. The van der Waals surface area contributed by atoms with Gasteiger partial charge in [-0.2, -0.15) is 0 Å². The van der Waals surface area contributed by atoms with E-state index in [1.807, 2.05) is 0 Å². The molecule has 182 valence electrons. The number of thiazole rings is 1. The molecule has 1 saturated heterocycles. The summed E-state index contributed by atoms with van der Waals surface area (Å²) in [6, 6.07) is -0.995. The van der Waals surface area contributed by atoms with Gasteiger partial charge in [0.2, 0.25) is 6.61 Å². The molecule has 0 radical (unpaired) electrons. The van der Waals surface area contributed by atoms with Crippen molar-refractivity contribution in [2.75, 3.05) is 18.1 Å². The molecule has 34 heavy (non-hydrogen) atoms. The van der Waals surface area contributed by atoms with E-state index in [1.165, 1.54) is 23.2 Å². The lowest BCUT2D eigenvalue weighted by molar-refractivity contribution is -0.160. The van der Waals surface area contributed by atoms with Crippen molar-refractivity contribution in [1.29, 1.82) is 0 Å². The quantitative estimate of drug-likeness (QED) is 0.196. The molecule has 3 rings (SSSR count). The van der Waals surface area contributed by atoms with Gasteiger partial charge in [-0.05, 0) is 26.3 Å². The van der Waals surface area contributed by atoms with Gasteiger partial charge in [-0.3, -0.25) is 14.5 Å². The Labute approximate surface area is 202 Å². The van der Waals surface area contributed by atoms with Gasteiger partial charge in [0, 0.05) is 11.1 Å². The van der Waals surface area contributed by atoms with Crippen LogP contribution in [-0.2, 0) is 28.8 Å². The molecule has 0 saturated carbocycles. The zero-order valence-corrected chi connectivity index (χ0v) is 20.2. The van der Waals surface area contributed by atoms with Gasteiger partial charge >= 0.3 is 11.9 Å². The number of carboxylic acids is 1. The maximum Gasteiger partial charge on any atom is 0.352 e. The fourth-order valence-corrected chi connectivity index (χ4v) is 5.02. The minimum Gasteiger partial charge on any atom is -0.477 e. The van der Waals surface area contributed by atoms with Gasteiger partial charge in [0.05, 0.1) is 0 Å². The highest BCUT2D eigenvalue weighted by Gasteiger charge is 2.54. The second kappa shape index (κ2) is 9.85. The number of carbonyl (C=O) groups is 4. The average molecular weight is 510 g/mol. The second-order valence-corrected chi connectivity index (χ2v) is 10.1. The molecule has 0 aliphatic carbocycles. The third-order valence-electron chi connectivity index (χ3n) is 4.47. The number of amides is 2. The van der Waals surface area contributed by atoms with E-state index in [2.05, 4.69) is 22.0 Å². The molecular weight excluding hydrogens is 486 g/mol. The minimum absolute atomic E-state index is 0.0872. The highest BCUT2D eigenvalue weighted by Crippen LogP contribution is 2.40. The van der Waals surface area contributed by atoms with Gasteiger partial charge in [-0.15, -0.1) is 23.1 Å². The summed E-state index contributed by atoms with van der Waals surface area (Å²) in [7, 11) is 0. The van der Waals surface area contributed by atoms with E-state index in [1.54, 1.807) is 20.8 Å². The summed E-state index contributed by atoms with van der Waals surface area (Å²) < 4.78 is 5.12. The van der Waals surface area contributed by atoms with E-state index in [-0.39, 0.29) is 22.2 Å². The Morgan fingerprint density at radius 1 is 1.44 bits per heavy atom. The highest BCUT2D eigenvalue weighted by molar-refractivity contribution is 8.00. The monoisotopic (exact) mass is 509 g/mol. The number of aliphatic carboxylic acids is 1. The van der Waals surface area contributed by atoms with Crippen LogP contribution in [0.25, 0.3) is 0 Å². The van der Waals surface area contributed by atoms with Gasteiger partial charge < -0.3 is 25.7 Å². The Kier molecular flexibility index (Phi) is 7.31. The zero-order valence-electron chi connectivity index (χ0n) is 18.6. The Balaban J connectivity index is 1.75. The van der Waals surface area contributed by atoms with Crippen molar-refractivity contribution in [1.82, 2.24) is 15.2 Å². The fraction of sp³-hybridized carbons (Fsp3) is 0.400. The van der Waals surface area contributed by atoms with Gasteiger partial charge in [0.25, 0.3) is 11.8 Å². The number of β-lactam (4-membered cyclic amide) rings is 1. The number of allylic oxidation sites excluding steroid dienone is 1. The molecular formula is C20H23N5O7S2. The van der Waals surface area contributed by atoms with Crippen LogP contribution in [0.15, 0.2) is 34.5 Å². The SMILES string of the molecule is C=CC1=C(C(=O)O)N2C(=O)[C@@H](NC(=O)C(=NOCC(=O)OC(C)(C)C)c3csc(N)n3)[C@H]2SC1. The number of carboxylic acid groups (broad SMARTS) is 1. The van der Waals surface area contributed by atoms with Crippen LogP contribution in [0.2, 0.25) is 0 Å². The normalized spacial score (nSPS) is 20.3. The lowest BCUT2D eigenvalue weighted by Gasteiger charge is -2.49. The van der Waals surface area contributed by atoms with Gasteiger partial charge in [0.15, 0.2) is 10.8 Å². The number of nitrogen functional groups attached to an aromatic ring is 1. The topological polar surface area (TPSA) is 174 Å². The first-order valence-electron chi connectivity index (χ1n) is 9.90. The molecule has 0 spiro atoms. The van der Waals surface area contributed by atoms with E-state index < -0.39 is 47.4 Å². The number of nitrogens with one attached hydrogen (secondary N) is 1. The number of carbonyl (C=O) groups excluding carboxylic acids is 3. The van der Waals surface area contributed by atoms with Crippen molar-refractivity contribution in [3.8, 4) is 0 Å². The Bertz CT molecular complexity index is 1110. The molecule has 0 aromatic carbocycles. The molecule has 4 N–H and O–H groups in total. The molecule has 1 fully saturated rings. The summed E-state index contributed by atoms with van der Waals surface area (Å²) >= 11 is 2.35. The third-order valence-corrected chi connectivity index (χ3v) is 6.45. The summed E-state index contributed by atoms with van der Waals surface area (Å²) in [4.78, 5) is 59.3. The number of oxime groups is 1. The molecule has 12 nitrogen and oxygen atoms in total. The van der Waals surface area contributed by atoms with Crippen molar-refractivity contribution in [2.45, 2.75) is 37.8 Å². The predicted molar refractivity (Wildman–Crippen MR) is 125 cm³/mol. The number of hydrogen-bond donors (Lipinski definition) is 3. The Hall–Kier alpha value is -3.39. The molecule has 14 heteroatoms. The lowest BCUT2D eigenvalue weighted by Crippen LogP contribution is -2.71. The minimum atomic E-state index is -1.26. The number of nitrogens with two attached hydrogens (primary N) is 1. The van der Waals surface area contributed by atoms with Crippen molar-refractivity contribution in [3.05, 3.63) is 35.0 Å². The van der Waals surface area contributed by atoms with E-state index >= 15 is 0 Å². The Morgan fingerprint density at radius 2 is 2.15 bits per heavy atom.